The molecule has 2 aromatic heterocycles. The lowest BCUT2D eigenvalue weighted by molar-refractivity contribution is -0.115. The number of nitrogens with one attached hydrogen (secondary N) is 2. The number of benzene rings is 3. The summed E-state index contributed by atoms with van der Waals surface area (Å²) in [6, 6.07) is 19.3. The number of fused-ring (bicyclic) bond motifs is 2. The summed E-state index contributed by atoms with van der Waals surface area (Å²) in [5.41, 5.74) is 1.32. The van der Waals surface area contributed by atoms with E-state index in [2.05, 4.69) is 15.6 Å². The Kier molecular flexibility index (Phi) is 6.57. The minimum absolute atomic E-state index is 0.262. The van der Waals surface area contributed by atoms with E-state index < -0.39 is 11.8 Å². The van der Waals surface area contributed by atoms with Crippen LogP contribution in [0.3, 0.4) is 0 Å². The summed E-state index contributed by atoms with van der Waals surface area (Å²) < 4.78 is 12.7. The Balaban J connectivity index is 1.37. The van der Waals surface area contributed by atoms with Crippen LogP contribution in [0.5, 0.6) is 11.5 Å². The first-order valence-electron chi connectivity index (χ1n) is 11.3. The molecule has 9 nitrogen and oxygen atoms in total. The first-order chi connectivity index (χ1) is 18.0. The zero-order valence-corrected chi connectivity index (χ0v) is 20.8. The lowest BCUT2D eigenvalue weighted by Gasteiger charge is -2.13. The number of amides is 2. The molecular formula is C27H22N4O5S. The third-order valence-corrected chi connectivity index (χ3v) is 6.70. The molecule has 37 heavy (non-hydrogen) atoms. The number of carbonyl (C=O) groups is 2. The lowest BCUT2D eigenvalue weighted by Crippen LogP contribution is -2.34. The Morgan fingerprint density at radius 2 is 1.65 bits per heavy atom. The van der Waals surface area contributed by atoms with Crippen LogP contribution in [0.1, 0.15) is 10.4 Å². The molecular weight excluding hydrogens is 492 g/mol. The van der Waals surface area contributed by atoms with Gasteiger partial charge in [0, 0.05) is 22.7 Å². The summed E-state index contributed by atoms with van der Waals surface area (Å²) >= 11 is 1.31. The number of nitrogens with zero attached hydrogens (tertiary/aromatic N) is 2. The van der Waals surface area contributed by atoms with Gasteiger partial charge in [-0.1, -0.05) is 29.5 Å². The maximum Gasteiger partial charge on any atom is 0.262 e. The van der Waals surface area contributed by atoms with Crippen LogP contribution in [0.4, 0.5) is 5.13 Å². The Hall–Kier alpha value is -4.70. The van der Waals surface area contributed by atoms with Gasteiger partial charge in [-0.05, 0) is 48.5 Å². The van der Waals surface area contributed by atoms with Crippen molar-refractivity contribution in [2.24, 2.45) is 0 Å². The number of hydrogen-bond donors (Lipinski definition) is 2. The van der Waals surface area contributed by atoms with E-state index in [1.807, 2.05) is 12.1 Å². The molecule has 0 spiro atoms. The van der Waals surface area contributed by atoms with Crippen LogP contribution in [0.15, 0.2) is 77.7 Å². The maximum absolute atomic E-state index is 13.2. The second kappa shape index (κ2) is 10.1. The predicted molar refractivity (Wildman–Crippen MR) is 143 cm³/mol. The fourth-order valence-electron chi connectivity index (χ4n) is 3.91. The number of carbonyl (C=O) groups excluding carboxylic acids is 2. The molecule has 0 fully saturated rings. The molecule has 0 saturated heterocycles. The van der Waals surface area contributed by atoms with Crippen molar-refractivity contribution in [3.8, 4) is 17.2 Å². The standard InChI is InChI=1S/C27H22N4O5S/c1-35-17-9-7-16(8-10-17)31-15-21(19-5-3-4-6-20(19)26(31)34)25(33)28-14-24(32)30-27-29-22-12-11-18(36-2)13-23(22)37-27/h3-13,15H,14H2,1-2H3,(H,28,33)(H,29,30,32). The summed E-state index contributed by atoms with van der Waals surface area (Å²) in [5.74, 6) is 0.438. The molecule has 0 aliphatic rings. The van der Waals surface area contributed by atoms with Gasteiger partial charge in [-0.25, -0.2) is 4.98 Å². The molecule has 2 heterocycles. The third-order valence-electron chi connectivity index (χ3n) is 5.77. The highest BCUT2D eigenvalue weighted by molar-refractivity contribution is 7.22. The van der Waals surface area contributed by atoms with Crippen molar-refractivity contribution in [1.82, 2.24) is 14.9 Å². The van der Waals surface area contributed by atoms with Crippen LogP contribution in [0, 0.1) is 0 Å². The second-order valence-corrected chi connectivity index (χ2v) is 9.08. The van der Waals surface area contributed by atoms with E-state index in [0.29, 0.717) is 33.1 Å². The fraction of sp³-hybridized carbons (Fsp3) is 0.111. The first kappa shape index (κ1) is 24.0. The molecule has 0 bridgehead atoms. The number of anilines is 1. The van der Waals surface area contributed by atoms with Crippen molar-refractivity contribution in [2.75, 3.05) is 26.1 Å². The van der Waals surface area contributed by atoms with E-state index in [1.165, 1.54) is 22.1 Å². The van der Waals surface area contributed by atoms with Gasteiger partial charge in [-0.15, -0.1) is 0 Å². The molecule has 10 heteroatoms. The van der Waals surface area contributed by atoms with Gasteiger partial charge < -0.3 is 20.1 Å². The Bertz CT molecular complexity index is 1690. The first-order valence-corrected chi connectivity index (χ1v) is 12.1. The topological polar surface area (TPSA) is 112 Å². The molecule has 2 N–H and O–H groups in total. The summed E-state index contributed by atoms with van der Waals surface area (Å²) in [5, 5.41) is 6.67. The van der Waals surface area contributed by atoms with E-state index >= 15 is 0 Å². The molecule has 0 unspecified atom stereocenters. The van der Waals surface area contributed by atoms with Crippen LogP contribution in [0.25, 0.3) is 26.7 Å². The van der Waals surface area contributed by atoms with E-state index in [4.69, 9.17) is 9.47 Å². The summed E-state index contributed by atoms with van der Waals surface area (Å²) in [6.45, 7) is -0.270. The molecule has 0 atom stereocenters. The zero-order valence-electron chi connectivity index (χ0n) is 20.0. The highest BCUT2D eigenvalue weighted by atomic mass is 32.1. The number of thiazole rings is 1. The van der Waals surface area contributed by atoms with Crippen molar-refractivity contribution < 1.29 is 19.1 Å². The fourth-order valence-corrected chi connectivity index (χ4v) is 4.82. The smallest absolute Gasteiger partial charge is 0.262 e. The highest BCUT2D eigenvalue weighted by Gasteiger charge is 2.17. The van der Waals surface area contributed by atoms with Crippen molar-refractivity contribution >= 4 is 49.3 Å². The number of pyridine rings is 1. The summed E-state index contributed by atoms with van der Waals surface area (Å²) in [4.78, 5) is 43.3. The Morgan fingerprint density at radius 3 is 2.38 bits per heavy atom. The number of ether oxygens (including phenoxy) is 2. The minimum atomic E-state index is -0.484. The lowest BCUT2D eigenvalue weighted by atomic mass is 10.1. The molecule has 5 aromatic rings. The van der Waals surface area contributed by atoms with Crippen molar-refractivity contribution in [2.45, 2.75) is 0 Å². The van der Waals surface area contributed by atoms with E-state index in [9.17, 15) is 14.4 Å². The predicted octanol–water partition coefficient (Wildman–Crippen LogP) is 3.99. The molecule has 0 saturated carbocycles. The van der Waals surface area contributed by atoms with E-state index in [1.54, 1.807) is 68.8 Å². The number of aromatic nitrogens is 2. The molecule has 0 radical (unpaired) electrons. The average molecular weight is 515 g/mol. The summed E-state index contributed by atoms with van der Waals surface area (Å²) in [6.07, 6.45) is 1.49. The zero-order chi connectivity index (χ0) is 25.9. The molecule has 0 aliphatic heterocycles. The van der Waals surface area contributed by atoms with Gasteiger partial charge in [0.2, 0.25) is 5.91 Å². The monoisotopic (exact) mass is 514 g/mol. The minimum Gasteiger partial charge on any atom is -0.497 e. The molecule has 186 valence electrons. The second-order valence-electron chi connectivity index (χ2n) is 8.05. The SMILES string of the molecule is COc1ccc(-n2cc(C(=O)NCC(=O)Nc3nc4ccc(OC)cc4s3)c3ccccc3c2=O)cc1. The van der Waals surface area contributed by atoms with E-state index in [0.717, 1.165) is 10.2 Å². The van der Waals surface area contributed by atoms with Gasteiger partial charge in [0.25, 0.3) is 11.5 Å². The summed E-state index contributed by atoms with van der Waals surface area (Å²) in [7, 11) is 3.14. The van der Waals surface area contributed by atoms with Crippen LogP contribution >= 0.6 is 11.3 Å². The van der Waals surface area contributed by atoms with Crippen LogP contribution in [0.2, 0.25) is 0 Å². The van der Waals surface area contributed by atoms with Crippen LogP contribution in [-0.4, -0.2) is 42.1 Å². The van der Waals surface area contributed by atoms with Crippen molar-refractivity contribution in [3.63, 3.8) is 0 Å². The van der Waals surface area contributed by atoms with Gasteiger partial charge in [0.1, 0.15) is 11.5 Å². The Labute approximate surface area is 215 Å². The normalized spacial score (nSPS) is 10.9. The van der Waals surface area contributed by atoms with Crippen LogP contribution in [-0.2, 0) is 4.79 Å². The quantitative estimate of drug-likeness (QED) is 0.340. The third kappa shape index (κ3) is 4.87. The molecule has 0 aliphatic carbocycles. The number of methoxy groups -OCH3 is 2. The molecule has 2 amide bonds. The number of rotatable bonds is 7. The number of hydrogen-bond acceptors (Lipinski definition) is 7. The average Bonchev–Trinajstić information content (AvgIpc) is 3.33. The highest BCUT2D eigenvalue weighted by Crippen LogP contribution is 2.29. The van der Waals surface area contributed by atoms with Gasteiger partial charge >= 0.3 is 0 Å². The maximum atomic E-state index is 13.2. The van der Waals surface area contributed by atoms with Gasteiger partial charge in [0.05, 0.1) is 36.5 Å². The van der Waals surface area contributed by atoms with Crippen molar-refractivity contribution in [1.29, 1.82) is 0 Å². The molecule has 3 aromatic carbocycles. The van der Waals surface area contributed by atoms with Gasteiger partial charge in [0.15, 0.2) is 5.13 Å². The van der Waals surface area contributed by atoms with Gasteiger partial charge in [-0.3, -0.25) is 19.0 Å². The van der Waals surface area contributed by atoms with Crippen LogP contribution < -0.4 is 25.7 Å². The van der Waals surface area contributed by atoms with Crippen molar-refractivity contribution in [3.05, 3.63) is 88.8 Å². The van der Waals surface area contributed by atoms with Gasteiger partial charge in [-0.2, -0.15) is 0 Å². The largest absolute Gasteiger partial charge is 0.497 e. The van der Waals surface area contributed by atoms with E-state index in [-0.39, 0.29) is 17.7 Å². The molecule has 5 rings (SSSR count). The Morgan fingerprint density at radius 1 is 0.946 bits per heavy atom.